The Kier molecular flexibility index (Phi) is 5.83. The number of likely N-dealkylation sites (N-methyl/N-ethyl adjacent to an activating group) is 1. The summed E-state index contributed by atoms with van der Waals surface area (Å²) in [6.45, 7) is 0.988. The molecule has 7 nitrogen and oxygen atoms in total. The van der Waals surface area contributed by atoms with Crippen LogP contribution in [0.15, 0.2) is 53.3 Å². The van der Waals surface area contributed by atoms with Crippen LogP contribution in [0.3, 0.4) is 0 Å². The van der Waals surface area contributed by atoms with Gasteiger partial charge in [-0.15, -0.1) is 0 Å². The summed E-state index contributed by atoms with van der Waals surface area (Å²) < 4.78 is 5.18. The standard InChI is InChI=1S/C20H22N4O3/c1-24(12-18-22-17-9-4-3-8-16(17)20(26)23-18)13-19(25)21-11-14-6-5-7-15(10-14)27-2/h3-10H,11-13H2,1-2H3,(H,21,25)(H,22,23,26). The van der Waals surface area contributed by atoms with Gasteiger partial charge in [0, 0.05) is 6.54 Å². The van der Waals surface area contributed by atoms with Gasteiger partial charge in [-0.05, 0) is 36.9 Å². The quantitative estimate of drug-likeness (QED) is 0.664. The van der Waals surface area contributed by atoms with Crippen molar-refractivity contribution in [1.82, 2.24) is 20.2 Å². The first-order valence-electron chi connectivity index (χ1n) is 8.61. The lowest BCUT2D eigenvalue weighted by Crippen LogP contribution is -2.35. The van der Waals surface area contributed by atoms with Gasteiger partial charge in [-0.2, -0.15) is 0 Å². The molecule has 0 unspecified atom stereocenters. The first kappa shape index (κ1) is 18.6. The van der Waals surface area contributed by atoms with Gasteiger partial charge in [-0.1, -0.05) is 24.3 Å². The molecule has 0 spiro atoms. The average Bonchev–Trinajstić information content (AvgIpc) is 2.66. The molecule has 27 heavy (non-hydrogen) atoms. The molecular weight excluding hydrogens is 344 g/mol. The first-order chi connectivity index (χ1) is 13.0. The molecule has 0 bridgehead atoms. The van der Waals surface area contributed by atoms with Crippen LogP contribution in [0.2, 0.25) is 0 Å². The molecule has 2 aromatic carbocycles. The lowest BCUT2D eigenvalue weighted by atomic mass is 10.2. The molecule has 1 aromatic heterocycles. The van der Waals surface area contributed by atoms with Crippen LogP contribution in [-0.2, 0) is 17.9 Å². The number of hydrogen-bond acceptors (Lipinski definition) is 5. The minimum atomic E-state index is -0.175. The van der Waals surface area contributed by atoms with Gasteiger partial charge in [-0.3, -0.25) is 14.5 Å². The highest BCUT2D eigenvalue weighted by Gasteiger charge is 2.10. The number of nitrogens with one attached hydrogen (secondary N) is 2. The van der Waals surface area contributed by atoms with Crippen molar-refractivity contribution in [3.05, 3.63) is 70.3 Å². The lowest BCUT2D eigenvalue weighted by molar-refractivity contribution is -0.122. The van der Waals surface area contributed by atoms with Crippen molar-refractivity contribution in [2.45, 2.75) is 13.1 Å². The summed E-state index contributed by atoms with van der Waals surface area (Å²) in [6, 6.07) is 14.7. The van der Waals surface area contributed by atoms with E-state index in [-0.39, 0.29) is 18.0 Å². The Labute approximate surface area is 157 Å². The molecule has 0 aliphatic rings. The molecular formula is C20H22N4O3. The van der Waals surface area contributed by atoms with Crippen molar-refractivity contribution in [3.63, 3.8) is 0 Å². The number of ether oxygens (including phenoxy) is 1. The van der Waals surface area contributed by atoms with E-state index in [9.17, 15) is 9.59 Å². The predicted octanol–water partition coefficient (Wildman–Crippen LogP) is 1.68. The van der Waals surface area contributed by atoms with Gasteiger partial charge in [0.2, 0.25) is 5.91 Å². The van der Waals surface area contributed by atoms with Gasteiger partial charge in [0.25, 0.3) is 5.56 Å². The number of benzene rings is 2. The number of hydrogen-bond donors (Lipinski definition) is 2. The Morgan fingerprint density at radius 1 is 1.22 bits per heavy atom. The van der Waals surface area contributed by atoms with E-state index < -0.39 is 0 Å². The van der Waals surface area contributed by atoms with Gasteiger partial charge in [0.1, 0.15) is 11.6 Å². The molecule has 0 aliphatic carbocycles. The molecule has 0 saturated carbocycles. The van der Waals surface area contributed by atoms with Crippen molar-refractivity contribution in [2.24, 2.45) is 0 Å². The molecule has 3 rings (SSSR count). The van der Waals surface area contributed by atoms with Crippen LogP contribution >= 0.6 is 0 Å². The minimum Gasteiger partial charge on any atom is -0.497 e. The second-order valence-electron chi connectivity index (χ2n) is 6.33. The molecule has 0 radical (unpaired) electrons. The van der Waals surface area contributed by atoms with Gasteiger partial charge in [-0.25, -0.2) is 4.98 Å². The maximum absolute atomic E-state index is 12.2. The largest absolute Gasteiger partial charge is 0.497 e. The average molecular weight is 366 g/mol. The molecule has 140 valence electrons. The molecule has 1 amide bonds. The summed E-state index contributed by atoms with van der Waals surface area (Å²) in [5.41, 5.74) is 1.43. The Hall–Kier alpha value is -3.19. The highest BCUT2D eigenvalue weighted by Crippen LogP contribution is 2.12. The van der Waals surface area contributed by atoms with E-state index in [2.05, 4.69) is 15.3 Å². The van der Waals surface area contributed by atoms with Crippen LogP contribution in [0, 0.1) is 0 Å². The third kappa shape index (κ3) is 4.92. The third-order valence-electron chi connectivity index (χ3n) is 4.12. The number of aromatic amines is 1. The molecule has 0 aliphatic heterocycles. The van der Waals surface area contributed by atoms with E-state index in [1.165, 1.54) is 0 Å². The van der Waals surface area contributed by atoms with Gasteiger partial charge < -0.3 is 15.0 Å². The van der Waals surface area contributed by atoms with Crippen LogP contribution < -0.4 is 15.6 Å². The van der Waals surface area contributed by atoms with E-state index >= 15 is 0 Å². The number of methoxy groups -OCH3 is 1. The number of amides is 1. The Morgan fingerprint density at radius 3 is 2.85 bits per heavy atom. The van der Waals surface area contributed by atoms with Crippen LogP contribution in [-0.4, -0.2) is 41.5 Å². The Morgan fingerprint density at radius 2 is 2.04 bits per heavy atom. The molecule has 0 fully saturated rings. The maximum atomic E-state index is 12.2. The zero-order chi connectivity index (χ0) is 19.2. The lowest BCUT2D eigenvalue weighted by Gasteiger charge is -2.16. The fraction of sp³-hybridized carbons (Fsp3) is 0.250. The molecule has 3 aromatic rings. The number of H-pyrrole nitrogens is 1. The summed E-state index contributed by atoms with van der Waals surface area (Å²) in [5, 5.41) is 3.43. The maximum Gasteiger partial charge on any atom is 0.258 e. The van der Waals surface area contributed by atoms with E-state index in [1.54, 1.807) is 37.3 Å². The van der Waals surface area contributed by atoms with Crippen molar-refractivity contribution < 1.29 is 9.53 Å². The SMILES string of the molecule is COc1cccc(CNC(=O)CN(C)Cc2nc3ccccc3c(=O)[nH]2)c1. The smallest absolute Gasteiger partial charge is 0.258 e. The molecule has 0 saturated heterocycles. The molecule has 1 heterocycles. The number of aromatic nitrogens is 2. The predicted molar refractivity (Wildman–Crippen MR) is 104 cm³/mol. The van der Waals surface area contributed by atoms with Crippen LogP contribution in [0.4, 0.5) is 0 Å². The van der Waals surface area contributed by atoms with Crippen LogP contribution in [0.5, 0.6) is 5.75 Å². The fourth-order valence-corrected chi connectivity index (χ4v) is 2.81. The zero-order valence-corrected chi connectivity index (χ0v) is 15.4. The van der Waals surface area contributed by atoms with Crippen molar-refractivity contribution >= 4 is 16.8 Å². The summed E-state index contributed by atoms with van der Waals surface area (Å²) in [5.74, 6) is 1.18. The number of para-hydroxylation sites is 1. The monoisotopic (exact) mass is 366 g/mol. The second-order valence-corrected chi connectivity index (χ2v) is 6.33. The molecule has 7 heteroatoms. The first-order valence-corrected chi connectivity index (χ1v) is 8.61. The van der Waals surface area contributed by atoms with Crippen molar-refractivity contribution in [1.29, 1.82) is 0 Å². The number of fused-ring (bicyclic) bond motifs is 1. The normalized spacial score (nSPS) is 10.9. The molecule has 2 N–H and O–H groups in total. The third-order valence-corrected chi connectivity index (χ3v) is 4.12. The Bertz CT molecular complexity index is 1000. The summed E-state index contributed by atoms with van der Waals surface area (Å²) in [7, 11) is 3.41. The number of rotatable bonds is 7. The van der Waals surface area contributed by atoms with E-state index in [0.717, 1.165) is 11.3 Å². The number of carbonyl (C=O) groups excluding carboxylic acids is 1. The Balaban J connectivity index is 1.56. The van der Waals surface area contributed by atoms with Crippen molar-refractivity contribution in [2.75, 3.05) is 20.7 Å². The highest BCUT2D eigenvalue weighted by molar-refractivity contribution is 5.78. The van der Waals surface area contributed by atoms with E-state index in [1.807, 2.05) is 30.3 Å². The summed E-state index contributed by atoms with van der Waals surface area (Å²) >= 11 is 0. The zero-order valence-electron chi connectivity index (χ0n) is 15.4. The van der Waals surface area contributed by atoms with Crippen LogP contribution in [0.1, 0.15) is 11.4 Å². The number of carbonyl (C=O) groups is 1. The topological polar surface area (TPSA) is 87.3 Å². The van der Waals surface area contributed by atoms with Crippen LogP contribution in [0.25, 0.3) is 10.9 Å². The number of nitrogens with zero attached hydrogens (tertiary/aromatic N) is 2. The highest BCUT2D eigenvalue weighted by atomic mass is 16.5. The van der Waals surface area contributed by atoms with E-state index in [0.29, 0.717) is 29.8 Å². The molecule has 0 atom stereocenters. The minimum absolute atomic E-state index is 0.108. The van der Waals surface area contributed by atoms with Gasteiger partial charge in [0.05, 0.1) is 31.1 Å². The summed E-state index contributed by atoms with van der Waals surface area (Å²) in [6.07, 6.45) is 0. The summed E-state index contributed by atoms with van der Waals surface area (Å²) in [4.78, 5) is 33.3. The van der Waals surface area contributed by atoms with Gasteiger partial charge in [0.15, 0.2) is 0 Å². The fourth-order valence-electron chi connectivity index (χ4n) is 2.81. The van der Waals surface area contributed by atoms with Gasteiger partial charge >= 0.3 is 0 Å². The second kappa shape index (κ2) is 8.46. The van der Waals surface area contributed by atoms with E-state index in [4.69, 9.17) is 4.74 Å². The van der Waals surface area contributed by atoms with Crippen molar-refractivity contribution in [3.8, 4) is 5.75 Å².